The van der Waals surface area contributed by atoms with Crippen molar-refractivity contribution in [3.05, 3.63) is 27.5 Å². The zero-order valence-electron chi connectivity index (χ0n) is 6.04. The molecule has 0 spiro atoms. The lowest BCUT2D eigenvalue weighted by Crippen LogP contribution is -1.94. The molecular formula is C7H3Cl3FNO. The van der Waals surface area contributed by atoms with Gasteiger partial charge in [0, 0.05) is 0 Å². The van der Waals surface area contributed by atoms with Crippen LogP contribution < -0.4 is 0 Å². The number of aromatic hydroxyl groups is 1. The number of phenols is 1. The van der Waals surface area contributed by atoms with E-state index in [9.17, 15) is 4.39 Å². The fourth-order valence-electron chi connectivity index (χ4n) is 0.781. The topological polar surface area (TPSA) is 44.1 Å². The van der Waals surface area contributed by atoms with E-state index in [4.69, 9.17) is 45.3 Å². The van der Waals surface area contributed by atoms with Crippen LogP contribution in [0.2, 0.25) is 10.0 Å². The first-order valence-electron chi connectivity index (χ1n) is 3.06. The Bertz CT molecular complexity index is 380. The second kappa shape index (κ2) is 3.70. The predicted octanol–water partition coefficient (Wildman–Crippen LogP) is 3.40. The van der Waals surface area contributed by atoms with Gasteiger partial charge in [-0.1, -0.05) is 34.8 Å². The second-order valence-corrected chi connectivity index (χ2v) is 3.35. The minimum absolute atomic E-state index is 0.0797. The van der Waals surface area contributed by atoms with Crippen LogP contribution in [0.1, 0.15) is 5.56 Å². The highest BCUT2D eigenvalue weighted by Crippen LogP contribution is 2.35. The lowest BCUT2D eigenvalue weighted by Gasteiger charge is -2.06. The van der Waals surface area contributed by atoms with Crippen LogP contribution in [0, 0.1) is 11.2 Å². The quantitative estimate of drug-likeness (QED) is 0.728. The van der Waals surface area contributed by atoms with Crippen molar-refractivity contribution in [2.45, 2.75) is 0 Å². The van der Waals surface area contributed by atoms with Gasteiger partial charge in [0.1, 0.15) is 5.17 Å². The number of benzene rings is 1. The largest absolute Gasteiger partial charge is 0.504 e. The standard InChI is InChI=1S/C7H3Cl3FNO/c8-2-1-3(11)6(13)5(9)4(2)7(10)12/h1,12-13H. The maximum absolute atomic E-state index is 12.8. The molecule has 70 valence electrons. The van der Waals surface area contributed by atoms with Crippen LogP contribution in [0.3, 0.4) is 0 Å². The first-order chi connectivity index (χ1) is 5.95. The number of hydrogen-bond donors (Lipinski definition) is 2. The van der Waals surface area contributed by atoms with Gasteiger partial charge in [-0.2, -0.15) is 0 Å². The first kappa shape index (κ1) is 10.6. The van der Waals surface area contributed by atoms with E-state index in [-0.39, 0.29) is 15.6 Å². The number of halogens is 4. The molecule has 0 saturated carbocycles. The summed E-state index contributed by atoms with van der Waals surface area (Å²) in [5, 5.41) is 15.2. The van der Waals surface area contributed by atoms with E-state index in [2.05, 4.69) is 0 Å². The number of rotatable bonds is 1. The summed E-state index contributed by atoms with van der Waals surface area (Å²) in [6, 6.07) is 0.842. The number of nitrogens with one attached hydrogen (secondary N) is 1. The first-order valence-corrected chi connectivity index (χ1v) is 4.19. The minimum atomic E-state index is -0.948. The van der Waals surface area contributed by atoms with Crippen molar-refractivity contribution < 1.29 is 9.50 Å². The molecule has 0 atom stereocenters. The molecule has 1 aromatic rings. The molecule has 0 aliphatic heterocycles. The van der Waals surface area contributed by atoms with Crippen LogP contribution in [0.5, 0.6) is 5.75 Å². The Balaban J connectivity index is 3.53. The second-order valence-electron chi connectivity index (χ2n) is 2.19. The number of hydrogen-bond acceptors (Lipinski definition) is 2. The van der Waals surface area contributed by atoms with Gasteiger partial charge in [0.15, 0.2) is 11.6 Å². The normalized spacial score (nSPS) is 10.2. The van der Waals surface area contributed by atoms with Gasteiger partial charge in [-0.15, -0.1) is 0 Å². The molecule has 13 heavy (non-hydrogen) atoms. The van der Waals surface area contributed by atoms with Gasteiger partial charge in [0.2, 0.25) is 0 Å². The molecule has 0 aromatic heterocycles. The smallest absolute Gasteiger partial charge is 0.171 e. The van der Waals surface area contributed by atoms with Crippen LogP contribution in [-0.4, -0.2) is 10.3 Å². The minimum Gasteiger partial charge on any atom is -0.504 e. The van der Waals surface area contributed by atoms with Crippen molar-refractivity contribution in [1.82, 2.24) is 0 Å². The van der Waals surface area contributed by atoms with Gasteiger partial charge >= 0.3 is 0 Å². The van der Waals surface area contributed by atoms with Crippen LogP contribution >= 0.6 is 34.8 Å². The third-order valence-corrected chi connectivity index (χ3v) is 2.22. The molecule has 0 bridgehead atoms. The summed E-state index contributed by atoms with van der Waals surface area (Å²) in [6.45, 7) is 0. The van der Waals surface area contributed by atoms with E-state index < -0.39 is 16.7 Å². The summed E-state index contributed by atoms with van der Waals surface area (Å²) >= 11 is 16.4. The summed E-state index contributed by atoms with van der Waals surface area (Å²) in [5.41, 5.74) is -0.0797. The van der Waals surface area contributed by atoms with Crippen LogP contribution in [-0.2, 0) is 0 Å². The summed E-state index contributed by atoms with van der Waals surface area (Å²) in [6.07, 6.45) is 0. The molecule has 0 radical (unpaired) electrons. The van der Waals surface area contributed by atoms with Crippen LogP contribution in [0.25, 0.3) is 0 Å². The molecule has 0 amide bonds. The zero-order valence-corrected chi connectivity index (χ0v) is 8.30. The molecule has 0 saturated heterocycles. The molecule has 6 heteroatoms. The van der Waals surface area contributed by atoms with Crippen molar-refractivity contribution in [3.8, 4) is 5.75 Å². The third kappa shape index (κ3) is 1.88. The van der Waals surface area contributed by atoms with E-state index >= 15 is 0 Å². The molecule has 2 N–H and O–H groups in total. The predicted molar refractivity (Wildman–Crippen MR) is 50.8 cm³/mol. The average Bonchev–Trinajstić information content (AvgIpc) is 1.99. The van der Waals surface area contributed by atoms with Crippen molar-refractivity contribution in [2.75, 3.05) is 0 Å². The van der Waals surface area contributed by atoms with Crippen molar-refractivity contribution >= 4 is 40.0 Å². The van der Waals surface area contributed by atoms with E-state index in [1.807, 2.05) is 0 Å². The fraction of sp³-hybridized carbons (Fsp3) is 0. The summed E-state index contributed by atoms with van der Waals surface area (Å²) in [7, 11) is 0. The van der Waals surface area contributed by atoms with E-state index in [0.29, 0.717) is 0 Å². The molecule has 0 aliphatic rings. The van der Waals surface area contributed by atoms with Gasteiger partial charge in [0.25, 0.3) is 0 Å². The molecule has 1 rings (SSSR count). The van der Waals surface area contributed by atoms with Gasteiger partial charge < -0.3 is 5.11 Å². The van der Waals surface area contributed by atoms with E-state index in [1.165, 1.54) is 0 Å². The summed E-state index contributed by atoms with van der Waals surface area (Å²) < 4.78 is 12.8. The lowest BCUT2D eigenvalue weighted by atomic mass is 10.2. The number of phenolic OH excluding ortho intramolecular Hbond substituents is 1. The average molecular weight is 242 g/mol. The maximum atomic E-state index is 12.8. The van der Waals surface area contributed by atoms with Crippen molar-refractivity contribution in [1.29, 1.82) is 5.41 Å². The zero-order chi connectivity index (χ0) is 10.2. The monoisotopic (exact) mass is 241 g/mol. The Morgan fingerprint density at radius 3 is 2.46 bits per heavy atom. The van der Waals surface area contributed by atoms with Gasteiger partial charge in [0.05, 0.1) is 15.6 Å². The lowest BCUT2D eigenvalue weighted by molar-refractivity contribution is 0.432. The highest BCUT2D eigenvalue weighted by atomic mass is 35.5. The molecule has 1 aromatic carbocycles. The Kier molecular flexibility index (Phi) is 3.01. The molecule has 0 unspecified atom stereocenters. The molecular weight excluding hydrogens is 239 g/mol. The Morgan fingerprint density at radius 2 is 2.00 bits per heavy atom. The van der Waals surface area contributed by atoms with Crippen LogP contribution in [0.15, 0.2) is 6.07 Å². The Hall–Kier alpha value is -0.510. The fourth-order valence-corrected chi connectivity index (χ4v) is 1.69. The highest BCUT2D eigenvalue weighted by molar-refractivity contribution is 6.70. The van der Waals surface area contributed by atoms with Gasteiger partial charge in [-0.3, -0.25) is 5.41 Å². The summed E-state index contributed by atoms with van der Waals surface area (Å²) in [4.78, 5) is 0. The maximum Gasteiger partial charge on any atom is 0.171 e. The Labute approximate surface area is 88.4 Å². The van der Waals surface area contributed by atoms with Gasteiger partial charge in [-0.05, 0) is 6.07 Å². The molecule has 0 fully saturated rings. The van der Waals surface area contributed by atoms with Crippen molar-refractivity contribution in [2.24, 2.45) is 0 Å². The van der Waals surface area contributed by atoms with E-state index in [0.717, 1.165) is 6.07 Å². The molecule has 2 nitrogen and oxygen atoms in total. The van der Waals surface area contributed by atoms with E-state index in [1.54, 1.807) is 0 Å². The van der Waals surface area contributed by atoms with Gasteiger partial charge in [-0.25, -0.2) is 4.39 Å². The van der Waals surface area contributed by atoms with Crippen LogP contribution in [0.4, 0.5) is 4.39 Å². The van der Waals surface area contributed by atoms with Crippen molar-refractivity contribution in [3.63, 3.8) is 0 Å². The highest BCUT2D eigenvalue weighted by Gasteiger charge is 2.17. The molecule has 0 aliphatic carbocycles. The Morgan fingerprint density at radius 1 is 1.46 bits per heavy atom. The molecule has 0 heterocycles. The third-order valence-electron chi connectivity index (χ3n) is 1.37. The summed E-state index contributed by atoms with van der Waals surface area (Å²) in [5.74, 6) is -1.71. The SMILES string of the molecule is N=C(Cl)c1c(Cl)cc(F)c(O)c1Cl.